The van der Waals surface area contributed by atoms with Gasteiger partial charge >= 0.3 is 0 Å². The number of ketones is 1. The fourth-order valence-electron chi connectivity index (χ4n) is 1.87. The van der Waals surface area contributed by atoms with Crippen LogP contribution in [0.4, 0.5) is 0 Å². The van der Waals surface area contributed by atoms with E-state index < -0.39 is 0 Å². The molecule has 84 valence electrons. The second-order valence-corrected chi connectivity index (χ2v) is 5.88. The number of thioether (sulfide) groups is 1. The molecule has 0 aliphatic heterocycles. The molecule has 0 heterocycles. The van der Waals surface area contributed by atoms with E-state index in [0.29, 0.717) is 0 Å². The van der Waals surface area contributed by atoms with Crippen molar-refractivity contribution >= 4 is 17.5 Å². The maximum atomic E-state index is 11.6. The molecule has 1 nitrogen and oxygen atoms in total. The van der Waals surface area contributed by atoms with Gasteiger partial charge < -0.3 is 0 Å². The zero-order valence-corrected chi connectivity index (χ0v) is 10.5. The van der Waals surface area contributed by atoms with E-state index in [-0.39, 0.29) is 11.2 Å². The zero-order valence-electron chi connectivity index (χ0n) is 9.69. The van der Waals surface area contributed by atoms with Gasteiger partial charge in [0.05, 0.1) is 0 Å². The number of hydrogen-bond acceptors (Lipinski definition) is 2. The summed E-state index contributed by atoms with van der Waals surface area (Å²) in [6.07, 6.45) is 2.74. The third-order valence-electron chi connectivity index (χ3n) is 2.84. The molecule has 16 heavy (non-hydrogen) atoms. The number of carbonyl (C=O) groups excluding carboxylic acids is 1. The molecule has 2 heteroatoms. The molecule has 0 N–H and O–H groups in total. The highest BCUT2D eigenvalue weighted by Crippen LogP contribution is 2.35. The maximum Gasteiger partial charge on any atom is 0.161 e. The van der Waals surface area contributed by atoms with E-state index in [0.717, 1.165) is 12.2 Å². The normalized spacial score (nSPS) is 18.6. The van der Waals surface area contributed by atoms with Crippen molar-refractivity contribution in [1.29, 1.82) is 0 Å². The molecule has 0 spiro atoms. The van der Waals surface area contributed by atoms with Crippen LogP contribution in [0.1, 0.15) is 20.3 Å². The zero-order chi connectivity index (χ0) is 11.6. The molecule has 0 radical (unpaired) electrons. The van der Waals surface area contributed by atoms with Crippen molar-refractivity contribution in [3.8, 4) is 0 Å². The largest absolute Gasteiger partial charge is 0.294 e. The average molecular weight is 232 g/mol. The summed E-state index contributed by atoms with van der Waals surface area (Å²) in [5.41, 5.74) is 1.09. The Labute approximate surface area is 101 Å². The van der Waals surface area contributed by atoms with Crippen LogP contribution in [0, 0.1) is 5.41 Å². The molecular weight excluding hydrogens is 216 g/mol. The van der Waals surface area contributed by atoms with Gasteiger partial charge in [-0.1, -0.05) is 37.6 Å². The molecule has 0 bridgehead atoms. The summed E-state index contributed by atoms with van der Waals surface area (Å²) in [5, 5.41) is 0. The molecule has 0 amide bonds. The second kappa shape index (κ2) is 4.46. The van der Waals surface area contributed by atoms with E-state index in [1.165, 1.54) is 10.5 Å². The first kappa shape index (κ1) is 11.5. The van der Waals surface area contributed by atoms with Gasteiger partial charge in [-0.2, -0.15) is 0 Å². The van der Waals surface area contributed by atoms with Gasteiger partial charge in [-0.15, -0.1) is 11.8 Å². The van der Waals surface area contributed by atoms with Crippen molar-refractivity contribution < 1.29 is 4.79 Å². The van der Waals surface area contributed by atoms with Crippen molar-refractivity contribution in [3.05, 3.63) is 42.0 Å². The van der Waals surface area contributed by atoms with E-state index in [4.69, 9.17) is 0 Å². The third-order valence-corrected chi connectivity index (χ3v) is 3.96. The average Bonchev–Trinajstić information content (AvgIpc) is 2.52. The third kappa shape index (κ3) is 2.56. The Hall–Kier alpha value is -1.02. The summed E-state index contributed by atoms with van der Waals surface area (Å²) in [4.78, 5) is 12.9. The lowest BCUT2D eigenvalue weighted by Crippen LogP contribution is -2.16. The molecule has 1 aromatic rings. The molecule has 0 atom stereocenters. The van der Waals surface area contributed by atoms with Crippen LogP contribution in [0.3, 0.4) is 0 Å². The fourth-order valence-corrected chi connectivity index (χ4v) is 2.76. The van der Waals surface area contributed by atoms with E-state index in [1.54, 1.807) is 11.8 Å². The fraction of sp³-hybridized carbons (Fsp3) is 0.357. The van der Waals surface area contributed by atoms with Gasteiger partial charge in [0, 0.05) is 16.1 Å². The van der Waals surface area contributed by atoms with E-state index in [1.807, 2.05) is 38.1 Å². The van der Waals surface area contributed by atoms with E-state index >= 15 is 0 Å². The second-order valence-electron chi connectivity index (χ2n) is 4.83. The molecule has 0 fully saturated rings. The molecule has 0 aromatic heterocycles. The minimum Gasteiger partial charge on any atom is -0.294 e. The summed E-state index contributed by atoms with van der Waals surface area (Å²) in [6.45, 7) is 4.04. The van der Waals surface area contributed by atoms with Gasteiger partial charge in [0.15, 0.2) is 5.78 Å². The molecule has 0 saturated heterocycles. The van der Waals surface area contributed by atoms with Crippen molar-refractivity contribution in [2.24, 2.45) is 5.41 Å². The first-order chi connectivity index (χ1) is 7.58. The van der Waals surface area contributed by atoms with Gasteiger partial charge in [0.2, 0.25) is 0 Å². The molecule has 1 aliphatic carbocycles. The van der Waals surface area contributed by atoms with Crippen LogP contribution in [-0.4, -0.2) is 11.5 Å². The lowest BCUT2D eigenvalue weighted by Gasteiger charge is -2.14. The molecule has 1 aliphatic rings. The van der Waals surface area contributed by atoms with Crippen molar-refractivity contribution in [2.75, 3.05) is 5.75 Å². The van der Waals surface area contributed by atoms with Crippen LogP contribution in [0.5, 0.6) is 0 Å². The Morgan fingerprint density at radius 3 is 2.50 bits per heavy atom. The number of allylic oxidation sites excluding steroid dienone is 1. The molecule has 0 unspecified atom stereocenters. The predicted molar refractivity (Wildman–Crippen MR) is 68.7 cm³/mol. The number of carbonyl (C=O) groups is 1. The van der Waals surface area contributed by atoms with Gasteiger partial charge in [-0.05, 0) is 24.6 Å². The van der Waals surface area contributed by atoms with Crippen LogP contribution in [0.2, 0.25) is 0 Å². The molecule has 2 rings (SSSR count). The summed E-state index contributed by atoms with van der Waals surface area (Å²) in [6, 6.07) is 10.3. The minimum absolute atomic E-state index is 0.174. The predicted octanol–water partition coefficient (Wildman–Crippen LogP) is 3.70. The topological polar surface area (TPSA) is 17.1 Å². The Morgan fingerprint density at radius 1 is 1.25 bits per heavy atom. The Morgan fingerprint density at radius 2 is 1.94 bits per heavy atom. The van der Waals surface area contributed by atoms with Gasteiger partial charge in [0.1, 0.15) is 0 Å². The van der Waals surface area contributed by atoms with Crippen LogP contribution in [-0.2, 0) is 4.79 Å². The summed E-state index contributed by atoms with van der Waals surface area (Å²) in [7, 11) is 0. The van der Waals surface area contributed by atoms with Gasteiger partial charge in [-0.25, -0.2) is 0 Å². The highest BCUT2D eigenvalue weighted by Gasteiger charge is 2.32. The molecule has 0 saturated carbocycles. The van der Waals surface area contributed by atoms with Crippen molar-refractivity contribution in [3.63, 3.8) is 0 Å². The highest BCUT2D eigenvalue weighted by molar-refractivity contribution is 7.99. The number of rotatable bonds is 3. The van der Waals surface area contributed by atoms with Crippen LogP contribution in [0.25, 0.3) is 0 Å². The van der Waals surface area contributed by atoms with Crippen LogP contribution >= 0.6 is 11.8 Å². The molecule has 1 aromatic carbocycles. The van der Waals surface area contributed by atoms with E-state index in [2.05, 4.69) is 12.1 Å². The first-order valence-electron chi connectivity index (χ1n) is 5.50. The Balaban J connectivity index is 1.94. The van der Waals surface area contributed by atoms with Crippen molar-refractivity contribution in [2.45, 2.75) is 25.2 Å². The van der Waals surface area contributed by atoms with Crippen LogP contribution in [0.15, 0.2) is 46.9 Å². The number of hydrogen-bond donors (Lipinski definition) is 0. The van der Waals surface area contributed by atoms with Crippen molar-refractivity contribution in [1.82, 2.24) is 0 Å². The summed E-state index contributed by atoms with van der Waals surface area (Å²) < 4.78 is 0. The van der Waals surface area contributed by atoms with Gasteiger partial charge in [-0.3, -0.25) is 4.79 Å². The Kier molecular flexibility index (Phi) is 3.20. The number of benzene rings is 1. The smallest absolute Gasteiger partial charge is 0.161 e. The SMILES string of the molecule is CC1(C)CC(CSc2ccccc2)=CC1=O. The first-order valence-corrected chi connectivity index (χ1v) is 6.48. The van der Waals surface area contributed by atoms with Gasteiger partial charge in [0.25, 0.3) is 0 Å². The highest BCUT2D eigenvalue weighted by atomic mass is 32.2. The van der Waals surface area contributed by atoms with E-state index in [9.17, 15) is 4.79 Å². The summed E-state index contributed by atoms with van der Waals surface area (Å²) in [5.74, 6) is 1.20. The standard InChI is InChI=1S/C14H16OS/c1-14(2)9-11(8-13(14)15)10-16-12-6-4-3-5-7-12/h3-8H,9-10H2,1-2H3. The van der Waals surface area contributed by atoms with Crippen LogP contribution < -0.4 is 0 Å². The Bertz CT molecular complexity index is 418. The summed E-state index contributed by atoms with van der Waals surface area (Å²) >= 11 is 1.80. The minimum atomic E-state index is -0.174. The quantitative estimate of drug-likeness (QED) is 0.739. The lowest BCUT2D eigenvalue weighted by atomic mass is 9.89. The lowest BCUT2D eigenvalue weighted by molar-refractivity contribution is -0.121. The monoisotopic (exact) mass is 232 g/mol. The molecular formula is C14H16OS. The maximum absolute atomic E-state index is 11.6.